The number of aromatic nitrogens is 1. The van der Waals surface area contributed by atoms with E-state index in [9.17, 15) is 14.7 Å². The van der Waals surface area contributed by atoms with E-state index in [1.54, 1.807) is 6.21 Å². The number of hydrogen-bond acceptors (Lipinski definition) is 6. The van der Waals surface area contributed by atoms with Gasteiger partial charge < -0.3 is 19.8 Å². The number of aliphatic carboxylic acids is 1. The molecule has 8 heteroatoms. The summed E-state index contributed by atoms with van der Waals surface area (Å²) in [5.74, 6) is -1.65. The van der Waals surface area contributed by atoms with Crippen LogP contribution in [0.5, 0.6) is 0 Å². The summed E-state index contributed by atoms with van der Waals surface area (Å²) in [6.45, 7) is 0. The molecule has 1 atom stereocenters. The molecular formula is C11H11N4O3S-. The normalized spacial score (nSPS) is 21.2. The highest BCUT2D eigenvalue weighted by Gasteiger charge is 2.30. The van der Waals surface area contributed by atoms with E-state index < -0.39 is 11.2 Å². The minimum absolute atomic E-state index is 0.293. The van der Waals surface area contributed by atoms with Crippen molar-refractivity contribution in [3.8, 4) is 0 Å². The smallest absolute Gasteiger partial charge is 0.239 e. The second-order valence-corrected chi connectivity index (χ2v) is 5.06. The van der Waals surface area contributed by atoms with E-state index in [1.807, 2.05) is 29.9 Å². The number of carboxylic acids is 1. The maximum Gasteiger partial charge on any atom is 0.239 e. The molecule has 19 heavy (non-hydrogen) atoms. The van der Waals surface area contributed by atoms with Crippen molar-refractivity contribution in [2.75, 3.05) is 0 Å². The van der Waals surface area contributed by atoms with Crippen LogP contribution in [0.3, 0.4) is 0 Å². The summed E-state index contributed by atoms with van der Waals surface area (Å²) in [5.41, 5.74) is 0.866. The third-order valence-corrected chi connectivity index (χ3v) is 3.52. The van der Waals surface area contributed by atoms with E-state index in [4.69, 9.17) is 0 Å². The van der Waals surface area contributed by atoms with E-state index >= 15 is 0 Å². The van der Waals surface area contributed by atoms with Gasteiger partial charge in [-0.2, -0.15) is 5.10 Å². The Labute approximate surface area is 113 Å². The van der Waals surface area contributed by atoms with Crippen LogP contribution >= 0.6 is 11.8 Å². The van der Waals surface area contributed by atoms with Gasteiger partial charge in [0, 0.05) is 25.6 Å². The van der Waals surface area contributed by atoms with Gasteiger partial charge in [-0.1, -0.05) is 11.8 Å². The summed E-state index contributed by atoms with van der Waals surface area (Å²) in [6, 6.07) is 3.74. The highest BCUT2D eigenvalue weighted by atomic mass is 32.2. The number of amidine groups is 1. The lowest BCUT2D eigenvalue weighted by Gasteiger charge is -2.04. The van der Waals surface area contributed by atoms with Crippen molar-refractivity contribution in [1.29, 1.82) is 0 Å². The summed E-state index contributed by atoms with van der Waals surface area (Å²) in [4.78, 5) is 21.8. The van der Waals surface area contributed by atoms with E-state index in [2.05, 4.69) is 15.5 Å². The summed E-state index contributed by atoms with van der Waals surface area (Å²) in [5, 5.41) is 20.2. The summed E-state index contributed by atoms with van der Waals surface area (Å²) in [7, 11) is 1.87. The fourth-order valence-corrected chi connectivity index (χ4v) is 2.40. The maximum absolute atomic E-state index is 11.4. The molecule has 1 aromatic heterocycles. The second kappa shape index (κ2) is 5.70. The van der Waals surface area contributed by atoms with Gasteiger partial charge in [0.05, 0.1) is 17.2 Å². The van der Waals surface area contributed by atoms with Gasteiger partial charge in [0.2, 0.25) is 5.91 Å². The van der Waals surface area contributed by atoms with Crippen molar-refractivity contribution in [3.05, 3.63) is 24.0 Å². The lowest BCUT2D eigenvalue weighted by atomic mass is 10.3. The largest absolute Gasteiger partial charge is 0.550 e. The molecule has 1 aromatic rings. The molecule has 1 N–H and O–H groups in total. The first-order valence-corrected chi connectivity index (χ1v) is 6.34. The van der Waals surface area contributed by atoms with Gasteiger partial charge in [-0.3, -0.25) is 4.79 Å². The molecule has 7 nitrogen and oxygen atoms in total. The van der Waals surface area contributed by atoms with Crippen LogP contribution in [0.25, 0.3) is 0 Å². The molecule has 2 heterocycles. The molecule has 1 fully saturated rings. The number of amides is 1. The Morgan fingerprint density at radius 3 is 3.11 bits per heavy atom. The molecule has 1 saturated heterocycles. The molecule has 2 rings (SSSR count). The van der Waals surface area contributed by atoms with Crippen LogP contribution < -0.4 is 10.4 Å². The molecule has 1 aliphatic rings. The predicted molar refractivity (Wildman–Crippen MR) is 69.6 cm³/mol. The maximum atomic E-state index is 11.4. The molecular weight excluding hydrogens is 268 g/mol. The third kappa shape index (κ3) is 3.44. The number of hydrogen-bond donors (Lipinski definition) is 1. The van der Waals surface area contributed by atoms with E-state index in [0.717, 1.165) is 17.5 Å². The summed E-state index contributed by atoms with van der Waals surface area (Å²) in [6.07, 6.45) is 3.08. The van der Waals surface area contributed by atoms with Crippen molar-refractivity contribution < 1.29 is 14.7 Å². The molecule has 0 saturated carbocycles. The van der Waals surface area contributed by atoms with Gasteiger partial charge >= 0.3 is 0 Å². The van der Waals surface area contributed by atoms with Crippen molar-refractivity contribution in [1.82, 2.24) is 9.88 Å². The average molecular weight is 279 g/mol. The first kappa shape index (κ1) is 13.3. The van der Waals surface area contributed by atoms with Crippen molar-refractivity contribution in [2.45, 2.75) is 11.7 Å². The van der Waals surface area contributed by atoms with Crippen LogP contribution in [-0.4, -0.2) is 33.1 Å². The fourth-order valence-electron chi connectivity index (χ4n) is 1.49. The average Bonchev–Trinajstić information content (AvgIpc) is 2.87. The van der Waals surface area contributed by atoms with E-state index in [0.29, 0.717) is 5.17 Å². The molecule has 0 aliphatic carbocycles. The Morgan fingerprint density at radius 2 is 2.47 bits per heavy atom. The number of carbonyl (C=O) groups is 2. The lowest BCUT2D eigenvalue weighted by molar-refractivity contribution is -0.305. The zero-order chi connectivity index (χ0) is 13.8. The molecule has 100 valence electrons. The van der Waals surface area contributed by atoms with Crippen LogP contribution in [0.2, 0.25) is 0 Å². The van der Waals surface area contributed by atoms with Gasteiger partial charge in [0.1, 0.15) is 0 Å². The number of aryl methyl sites for hydroxylation is 1. The highest BCUT2D eigenvalue weighted by Crippen LogP contribution is 2.21. The summed E-state index contributed by atoms with van der Waals surface area (Å²) < 4.78 is 1.86. The number of carboxylic acid groups (broad SMARTS) is 1. The Bertz CT molecular complexity index is 564. The Hall–Kier alpha value is -2.09. The Kier molecular flexibility index (Phi) is 4.00. The third-order valence-electron chi connectivity index (χ3n) is 2.45. The van der Waals surface area contributed by atoms with Crippen molar-refractivity contribution in [3.63, 3.8) is 0 Å². The van der Waals surface area contributed by atoms with Gasteiger partial charge in [-0.25, -0.2) is 0 Å². The van der Waals surface area contributed by atoms with Gasteiger partial charge in [0.25, 0.3) is 0 Å². The number of rotatable bonds is 4. The quantitative estimate of drug-likeness (QED) is 0.569. The highest BCUT2D eigenvalue weighted by molar-refractivity contribution is 8.15. The second-order valence-electron chi connectivity index (χ2n) is 3.87. The molecule has 1 amide bonds. The Morgan fingerprint density at radius 1 is 1.68 bits per heavy atom. The topological polar surface area (TPSA) is 98.9 Å². The van der Waals surface area contributed by atoms with Crippen LogP contribution in [-0.2, 0) is 16.6 Å². The van der Waals surface area contributed by atoms with E-state index in [1.165, 1.54) is 0 Å². The summed E-state index contributed by atoms with van der Waals surface area (Å²) >= 11 is 1.04. The molecule has 0 radical (unpaired) electrons. The minimum Gasteiger partial charge on any atom is -0.550 e. The Balaban J connectivity index is 1.98. The monoisotopic (exact) mass is 279 g/mol. The van der Waals surface area contributed by atoms with Crippen molar-refractivity contribution in [2.24, 2.45) is 17.3 Å². The molecule has 0 bridgehead atoms. The number of thioether (sulfide) groups is 1. The SMILES string of the molecule is Cn1cccc1/C=N\N=C1\NC(=O)[C@@H](CC(=O)[O-])S1. The standard InChI is InChI=1S/C11H12N4O3S/c1-15-4-2-3-7(15)6-12-14-11-13-10(18)8(19-11)5-9(16)17/h2-4,6,8H,5H2,1H3,(H,16,17)(H,13,14,18)/p-1/b12-6-/t8-/m1/s1. The minimum atomic E-state index is -1.26. The molecule has 0 unspecified atom stereocenters. The molecule has 0 spiro atoms. The number of nitrogens with zero attached hydrogens (tertiary/aromatic N) is 3. The van der Waals surface area contributed by atoms with Crippen LogP contribution in [0.4, 0.5) is 0 Å². The predicted octanol–water partition coefficient (Wildman–Crippen LogP) is -0.913. The van der Waals surface area contributed by atoms with Gasteiger partial charge in [0.15, 0.2) is 5.17 Å². The van der Waals surface area contributed by atoms with Crippen LogP contribution in [0.1, 0.15) is 12.1 Å². The van der Waals surface area contributed by atoms with Crippen LogP contribution in [0, 0.1) is 0 Å². The molecule has 0 aromatic carbocycles. The zero-order valence-electron chi connectivity index (χ0n) is 10.1. The van der Waals surface area contributed by atoms with E-state index in [-0.39, 0.29) is 12.3 Å². The lowest BCUT2D eigenvalue weighted by Crippen LogP contribution is -2.31. The van der Waals surface area contributed by atoms with Gasteiger partial charge in [-0.15, -0.1) is 5.10 Å². The zero-order valence-corrected chi connectivity index (χ0v) is 10.9. The first-order valence-electron chi connectivity index (χ1n) is 5.46. The first-order chi connectivity index (χ1) is 9.06. The van der Waals surface area contributed by atoms with Gasteiger partial charge in [-0.05, 0) is 12.1 Å². The van der Waals surface area contributed by atoms with Crippen molar-refractivity contribution >= 4 is 35.0 Å². The fraction of sp³-hybridized carbons (Fsp3) is 0.273. The van der Waals surface area contributed by atoms with Crippen LogP contribution in [0.15, 0.2) is 28.5 Å². The number of nitrogens with one attached hydrogen (secondary N) is 1. The number of carbonyl (C=O) groups excluding carboxylic acids is 2. The molecule has 1 aliphatic heterocycles.